The number of urea groups is 1. The second-order valence-corrected chi connectivity index (χ2v) is 6.44. The fourth-order valence-electron chi connectivity index (χ4n) is 4.42. The first-order valence-corrected chi connectivity index (χ1v) is 8.70. The topological polar surface area (TPSA) is 35.6 Å². The number of nitrogens with zero attached hydrogens (tertiary/aromatic N) is 2. The molecular weight excluding hydrogens is 298 g/mol. The summed E-state index contributed by atoms with van der Waals surface area (Å²) in [6, 6.07) is 21.2. The van der Waals surface area contributed by atoms with Crippen LogP contribution < -0.4 is 5.32 Å². The van der Waals surface area contributed by atoms with Crippen molar-refractivity contribution in [1.82, 2.24) is 15.1 Å². The third-order valence-electron chi connectivity index (χ3n) is 5.37. The van der Waals surface area contributed by atoms with Gasteiger partial charge in [0.15, 0.2) is 0 Å². The first-order chi connectivity index (χ1) is 11.8. The lowest BCUT2D eigenvalue weighted by Crippen LogP contribution is -2.57. The van der Waals surface area contributed by atoms with Gasteiger partial charge in [-0.3, -0.25) is 0 Å². The number of amides is 2. The summed E-state index contributed by atoms with van der Waals surface area (Å²) in [7, 11) is 0. The van der Waals surface area contributed by atoms with E-state index in [1.165, 1.54) is 11.1 Å². The lowest BCUT2D eigenvalue weighted by Gasteiger charge is -2.43. The second-order valence-electron chi connectivity index (χ2n) is 6.44. The van der Waals surface area contributed by atoms with Crippen LogP contribution in [0.4, 0.5) is 4.79 Å². The van der Waals surface area contributed by atoms with Crippen LogP contribution in [0.5, 0.6) is 0 Å². The Morgan fingerprint density at radius 3 is 2.17 bits per heavy atom. The number of hydrogen-bond acceptors (Lipinski definition) is 2. The molecule has 1 N–H and O–H groups in total. The van der Waals surface area contributed by atoms with Gasteiger partial charge in [0.25, 0.3) is 0 Å². The van der Waals surface area contributed by atoms with Crippen LogP contribution in [0.15, 0.2) is 60.7 Å². The standard InChI is InChI=1S/C20H23N3O/c1-2-23-19(24)22-14-13-21-15-18(22)20(23,16-9-5-3-6-10-16)17-11-7-4-8-12-17/h3-12,18,21H,2,13-15H2,1H3. The lowest BCUT2D eigenvalue weighted by atomic mass is 9.76. The van der Waals surface area contributed by atoms with Crippen LogP contribution in [-0.2, 0) is 5.54 Å². The first kappa shape index (κ1) is 15.2. The number of carbonyl (C=O) groups is 1. The van der Waals surface area contributed by atoms with Gasteiger partial charge in [-0.1, -0.05) is 60.7 Å². The van der Waals surface area contributed by atoms with Crippen molar-refractivity contribution < 1.29 is 4.79 Å². The van der Waals surface area contributed by atoms with Crippen LogP contribution in [0.3, 0.4) is 0 Å². The molecule has 4 nitrogen and oxygen atoms in total. The molecule has 24 heavy (non-hydrogen) atoms. The minimum Gasteiger partial charge on any atom is -0.316 e. The fourth-order valence-corrected chi connectivity index (χ4v) is 4.42. The predicted octanol–water partition coefficient (Wildman–Crippen LogP) is 2.66. The van der Waals surface area contributed by atoms with E-state index in [2.05, 4.69) is 70.6 Å². The lowest BCUT2D eigenvalue weighted by molar-refractivity contribution is 0.164. The molecule has 124 valence electrons. The van der Waals surface area contributed by atoms with Crippen LogP contribution in [0.1, 0.15) is 18.1 Å². The van der Waals surface area contributed by atoms with Crippen molar-refractivity contribution in [3.63, 3.8) is 0 Å². The highest BCUT2D eigenvalue weighted by molar-refractivity contribution is 5.81. The summed E-state index contributed by atoms with van der Waals surface area (Å²) in [4.78, 5) is 17.3. The van der Waals surface area contributed by atoms with Crippen molar-refractivity contribution in [3.05, 3.63) is 71.8 Å². The van der Waals surface area contributed by atoms with Crippen LogP contribution in [0.2, 0.25) is 0 Å². The van der Waals surface area contributed by atoms with Crippen molar-refractivity contribution in [2.24, 2.45) is 0 Å². The molecule has 0 saturated carbocycles. The summed E-state index contributed by atoms with van der Waals surface area (Å²) >= 11 is 0. The van der Waals surface area contributed by atoms with Gasteiger partial charge in [-0.25, -0.2) is 4.79 Å². The van der Waals surface area contributed by atoms with Gasteiger partial charge in [-0.05, 0) is 18.1 Å². The molecule has 0 spiro atoms. The van der Waals surface area contributed by atoms with Gasteiger partial charge >= 0.3 is 6.03 Å². The van der Waals surface area contributed by atoms with E-state index in [0.717, 1.165) is 19.6 Å². The van der Waals surface area contributed by atoms with Crippen LogP contribution in [0.25, 0.3) is 0 Å². The van der Waals surface area contributed by atoms with E-state index < -0.39 is 5.54 Å². The molecule has 0 radical (unpaired) electrons. The van der Waals surface area contributed by atoms with Crippen molar-refractivity contribution in [2.75, 3.05) is 26.2 Å². The molecule has 2 saturated heterocycles. The van der Waals surface area contributed by atoms with Gasteiger partial charge in [0, 0.05) is 26.2 Å². The molecule has 2 aromatic rings. The molecule has 2 aliphatic rings. The quantitative estimate of drug-likeness (QED) is 0.943. The van der Waals surface area contributed by atoms with Crippen LogP contribution in [-0.4, -0.2) is 48.1 Å². The van der Waals surface area contributed by atoms with E-state index in [4.69, 9.17) is 0 Å². The smallest absolute Gasteiger partial charge is 0.316 e. The zero-order valence-electron chi connectivity index (χ0n) is 14.0. The Kier molecular flexibility index (Phi) is 3.77. The zero-order valence-corrected chi connectivity index (χ0v) is 14.0. The highest BCUT2D eigenvalue weighted by atomic mass is 16.2. The zero-order chi connectivity index (χ0) is 16.6. The van der Waals surface area contributed by atoms with E-state index in [1.54, 1.807) is 0 Å². The number of fused-ring (bicyclic) bond motifs is 1. The summed E-state index contributed by atoms with van der Waals surface area (Å²) in [5, 5.41) is 3.50. The molecule has 2 fully saturated rings. The summed E-state index contributed by atoms with van der Waals surface area (Å²) < 4.78 is 0. The first-order valence-electron chi connectivity index (χ1n) is 8.70. The van der Waals surface area contributed by atoms with Gasteiger partial charge in [0.2, 0.25) is 0 Å². The van der Waals surface area contributed by atoms with E-state index >= 15 is 0 Å². The van der Waals surface area contributed by atoms with Gasteiger partial charge < -0.3 is 15.1 Å². The molecular formula is C20H23N3O. The van der Waals surface area contributed by atoms with E-state index in [1.807, 2.05) is 12.1 Å². The second kappa shape index (κ2) is 5.95. The average Bonchev–Trinajstić information content (AvgIpc) is 2.92. The number of likely N-dealkylation sites (N-methyl/N-ethyl adjacent to an activating group) is 1. The van der Waals surface area contributed by atoms with E-state index in [-0.39, 0.29) is 12.1 Å². The summed E-state index contributed by atoms with van der Waals surface area (Å²) in [6.45, 7) is 5.20. The molecule has 2 aromatic carbocycles. The average molecular weight is 321 g/mol. The molecule has 0 aromatic heterocycles. The van der Waals surface area contributed by atoms with Crippen molar-refractivity contribution in [2.45, 2.75) is 18.5 Å². The molecule has 1 unspecified atom stereocenters. The molecule has 2 aliphatic heterocycles. The normalized spacial score (nSPS) is 22.5. The number of nitrogens with one attached hydrogen (secondary N) is 1. The highest BCUT2D eigenvalue weighted by Gasteiger charge is 2.58. The SMILES string of the molecule is CCN1C(=O)N2CCNCC2C1(c1ccccc1)c1ccccc1. The molecule has 0 aliphatic carbocycles. The van der Waals surface area contributed by atoms with Gasteiger partial charge in [-0.15, -0.1) is 0 Å². The van der Waals surface area contributed by atoms with Gasteiger partial charge in [0.1, 0.15) is 5.54 Å². The monoisotopic (exact) mass is 321 g/mol. The Labute approximate surface area is 143 Å². The number of hydrogen-bond donors (Lipinski definition) is 1. The molecule has 0 bridgehead atoms. The molecule has 4 rings (SSSR count). The third kappa shape index (κ3) is 1.99. The molecule has 1 atom stereocenters. The van der Waals surface area contributed by atoms with E-state index in [9.17, 15) is 4.79 Å². The van der Waals surface area contributed by atoms with Gasteiger partial charge in [-0.2, -0.15) is 0 Å². The number of benzene rings is 2. The largest absolute Gasteiger partial charge is 0.321 e. The number of piperazine rings is 1. The predicted molar refractivity (Wildman–Crippen MR) is 94.8 cm³/mol. The molecule has 2 heterocycles. The Hall–Kier alpha value is -2.33. The Morgan fingerprint density at radius 2 is 1.62 bits per heavy atom. The summed E-state index contributed by atoms with van der Waals surface area (Å²) in [6.07, 6.45) is 0. The fraction of sp³-hybridized carbons (Fsp3) is 0.350. The minimum absolute atomic E-state index is 0.100. The van der Waals surface area contributed by atoms with Gasteiger partial charge in [0.05, 0.1) is 6.04 Å². The highest BCUT2D eigenvalue weighted by Crippen LogP contribution is 2.46. The maximum Gasteiger partial charge on any atom is 0.321 e. The van der Waals surface area contributed by atoms with Crippen molar-refractivity contribution >= 4 is 6.03 Å². The maximum atomic E-state index is 13.2. The van der Waals surface area contributed by atoms with E-state index in [0.29, 0.717) is 6.54 Å². The molecule has 2 amide bonds. The summed E-state index contributed by atoms with van der Waals surface area (Å²) in [5.41, 5.74) is 1.92. The van der Waals surface area contributed by atoms with Crippen molar-refractivity contribution in [1.29, 1.82) is 0 Å². The Balaban J connectivity index is 1.99. The van der Waals surface area contributed by atoms with Crippen LogP contribution >= 0.6 is 0 Å². The van der Waals surface area contributed by atoms with Crippen molar-refractivity contribution in [3.8, 4) is 0 Å². The third-order valence-corrected chi connectivity index (χ3v) is 5.37. The molecule has 4 heteroatoms. The van der Waals surface area contributed by atoms with Crippen LogP contribution in [0, 0.1) is 0 Å². The number of carbonyl (C=O) groups excluding carboxylic acids is 1. The minimum atomic E-state index is -0.443. The Morgan fingerprint density at radius 1 is 1.04 bits per heavy atom. The summed E-state index contributed by atoms with van der Waals surface area (Å²) in [5.74, 6) is 0. The maximum absolute atomic E-state index is 13.2. The number of rotatable bonds is 3. The Bertz CT molecular complexity index is 677.